The maximum atomic E-state index is 14.6. The van der Waals surface area contributed by atoms with Crippen LogP contribution in [0.1, 0.15) is 40.3 Å². The second-order valence-corrected chi connectivity index (χ2v) is 11.5. The Morgan fingerprint density at radius 2 is 1.72 bits per heavy atom. The van der Waals surface area contributed by atoms with Crippen molar-refractivity contribution in [2.45, 2.75) is 37.6 Å². The first-order valence-electron chi connectivity index (χ1n) is 14.8. The number of aliphatic hydroxyl groups excluding tert-OH is 1. The predicted molar refractivity (Wildman–Crippen MR) is 179 cm³/mol. The van der Waals surface area contributed by atoms with Gasteiger partial charge >= 0.3 is 0 Å². The van der Waals surface area contributed by atoms with Crippen LogP contribution in [0.3, 0.4) is 0 Å². The van der Waals surface area contributed by atoms with Crippen LogP contribution in [0.4, 0.5) is 0 Å². The van der Waals surface area contributed by atoms with E-state index < -0.39 is 11.6 Å². The van der Waals surface area contributed by atoms with Gasteiger partial charge < -0.3 is 24.6 Å². The molecule has 11 heteroatoms. The van der Waals surface area contributed by atoms with Gasteiger partial charge in [-0.1, -0.05) is 75.6 Å². The lowest BCUT2D eigenvalue weighted by Gasteiger charge is -2.32. The highest BCUT2D eigenvalue weighted by molar-refractivity contribution is 9.10. The summed E-state index contributed by atoms with van der Waals surface area (Å²) in [6.45, 7) is 0.783. The maximum Gasteiger partial charge on any atom is 0.252 e. The van der Waals surface area contributed by atoms with Gasteiger partial charge in [-0.2, -0.15) is 0 Å². The molecule has 2 N–H and O–H groups in total. The minimum Gasteiger partial charge on any atom is -0.497 e. The number of amides is 1. The first-order chi connectivity index (χ1) is 22.5. The highest BCUT2D eigenvalue weighted by Gasteiger charge is 2.54. The van der Waals surface area contributed by atoms with Crippen LogP contribution >= 0.6 is 15.9 Å². The van der Waals surface area contributed by atoms with Crippen molar-refractivity contribution in [3.63, 3.8) is 0 Å². The molecule has 4 aromatic rings. The van der Waals surface area contributed by atoms with E-state index in [-0.39, 0.29) is 32.0 Å². The van der Waals surface area contributed by atoms with Crippen molar-refractivity contribution in [3.05, 3.63) is 140 Å². The zero-order valence-electron chi connectivity index (χ0n) is 25.3. The highest BCUT2D eigenvalue weighted by Crippen LogP contribution is 2.44. The minimum absolute atomic E-state index is 0.0470. The Kier molecular flexibility index (Phi) is 10.9. The summed E-state index contributed by atoms with van der Waals surface area (Å²) in [4.78, 5) is 22.7. The van der Waals surface area contributed by atoms with Gasteiger partial charge in [0.1, 0.15) is 11.5 Å². The molecule has 1 heterocycles. The molecule has 0 unspecified atom stereocenters. The lowest BCUT2D eigenvalue weighted by Crippen LogP contribution is -2.50. The van der Waals surface area contributed by atoms with Crippen molar-refractivity contribution in [1.29, 1.82) is 0 Å². The molecule has 5 rings (SSSR count). The van der Waals surface area contributed by atoms with E-state index in [4.69, 9.17) is 29.8 Å². The molecule has 0 radical (unpaired) electrons. The number of hydrogen-bond donors (Lipinski definition) is 2. The number of carbonyl (C=O) groups is 1. The topological polar surface area (TPSA) is 138 Å². The molecule has 0 fully saturated rings. The number of ether oxygens (including phenoxy) is 3. The third-order valence-corrected chi connectivity index (χ3v) is 8.48. The molecule has 0 aliphatic carbocycles. The summed E-state index contributed by atoms with van der Waals surface area (Å²) in [5, 5.41) is 16.0. The molecule has 1 aliphatic rings. The summed E-state index contributed by atoms with van der Waals surface area (Å²) in [5.41, 5.74) is 11.5. The molecule has 10 nitrogen and oxygen atoms in total. The number of aliphatic imine (C=N–C) groups is 1. The van der Waals surface area contributed by atoms with Crippen LogP contribution in [0.15, 0.2) is 112 Å². The molecule has 0 bridgehead atoms. The van der Waals surface area contributed by atoms with E-state index in [1.807, 2.05) is 84.9 Å². The van der Waals surface area contributed by atoms with Crippen LogP contribution in [-0.4, -0.2) is 42.8 Å². The number of aliphatic hydroxyl groups is 1. The Morgan fingerprint density at radius 1 is 1.02 bits per heavy atom. The predicted octanol–water partition coefficient (Wildman–Crippen LogP) is 6.85. The molecule has 0 aromatic heterocycles. The molecule has 46 heavy (non-hydrogen) atoms. The molecule has 1 amide bonds. The van der Waals surface area contributed by atoms with Crippen LogP contribution in [0, 0.1) is 0 Å². The summed E-state index contributed by atoms with van der Waals surface area (Å²) in [5.74, 6) is 1.35. The number of carbonyl (C=O) groups excluding carboxylic acids is 1. The van der Waals surface area contributed by atoms with Crippen molar-refractivity contribution in [2.24, 2.45) is 10.1 Å². The fraction of sp³-hybridized carbons (Fsp3) is 0.257. The second kappa shape index (κ2) is 15.4. The Labute approximate surface area is 275 Å². The summed E-state index contributed by atoms with van der Waals surface area (Å²) in [6.07, 6.45) is -0.108. The maximum absolute atomic E-state index is 14.6. The van der Waals surface area contributed by atoms with Crippen molar-refractivity contribution in [1.82, 2.24) is 5.32 Å². The average molecular weight is 685 g/mol. The van der Waals surface area contributed by atoms with Crippen LogP contribution in [0.5, 0.6) is 11.5 Å². The number of hydrogen-bond acceptors (Lipinski definition) is 7. The van der Waals surface area contributed by atoms with E-state index in [1.54, 1.807) is 19.2 Å². The number of nitrogens with zero attached hydrogens (tertiary/aromatic N) is 4. The van der Waals surface area contributed by atoms with E-state index in [0.717, 1.165) is 26.9 Å². The summed E-state index contributed by atoms with van der Waals surface area (Å²) in [6, 6.07) is 30.0. The van der Waals surface area contributed by atoms with Gasteiger partial charge in [0.25, 0.3) is 5.91 Å². The van der Waals surface area contributed by atoms with E-state index in [2.05, 4.69) is 31.3 Å². The molecular formula is C35H34BrN5O5. The Morgan fingerprint density at radius 3 is 2.41 bits per heavy atom. The van der Waals surface area contributed by atoms with Crippen LogP contribution in [-0.2, 0) is 29.0 Å². The lowest BCUT2D eigenvalue weighted by atomic mass is 9.80. The SMILES string of the molecule is COc1ccc(CNC(=O)[C@]2(Cc3ccccc3Br)N=C(c3ccc(OCCCO)cc3)O[C@@H]2c2ccccc2CN=[N+]=[N-])cc1. The number of benzene rings is 4. The van der Waals surface area contributed by atoms with E-state index in [9.17, 15) is 4.79 Å². The lowest BCUT2D eigenvalue weighted by molar-refractivity contribution is -0.129. The summed E-state index contributed by atoms with van der Waals surface area (Å²) < 4.78 is 18.5. The second-order valence-electron chi connectivity index (χ2n) is 10.7. The van der Waals surface area contributed by atoms with Crippen molar-refractivity contribution >= 4 is 27.7 Å². The van der Waals surface area contributed by atoms with Gasteiger partial charge in [0.05, 0.1) is 20.3 Å². The molecule has 0 spiro atoms. The Hall–Kier alpha value is -4.83. The molecular weight excluding hydrogens is 650 g/mol. The third kappa shape index (κ3) is 7.51. The standard InChI is InChI=1S/C35H34BrN5O5/c1-44-28-15-11-24(12-16-28)22-38-34(43)35(21-26-7-3-5-10-31(26)36)32(30-9-4-2-8-27(30)23-39-41-37)46-33(40-35)25-13-17-29(18-14-25)45-20-6-19-42/h2-5,7-18,32,42H,6,19-23H2,1H3,(H,38,43)/t32-,35-/m1/s1. The monoisotopic (exact) mass is 683 g/mol. The van der Waals surface area contributed by atoms with Crippen LogP contribution in [0.25, 0.3) is 10.4 Å². The third-order valence-electron chi connectivity index (χ3n) is 7.70. The molecule has 4 aromatic carbocycles. The van der Waals surface area contributed by atoms with E-state index in [1.165, 1.54) is 0 Å². The Balaban J connectivity index is 1.59. The number of methoxy groups -OCH3 is 1. The number of halogens is 1. The van der Waals surface area contributed by atoms with E-state index in [0.29, 0.717) is 35.8 Å². The fourth-order valence-corrected chi connectivity index (χ4v) is 5.74. The molecule has 236 valence electrons. The van der Waals surface area contributed by atoms with Gasteiger partial charge in [-0.05, 0) is 70.2 Å². The van der Waals surface area contributed by atoms with Gasteiger partial charge in [-0.15, -0.1) is 0 Å². The molecule has 1 aliphatic heterocycles. The van der Waals surface area contributed by atoms with Gasteiger partial charge in [0, 0.05) is 40.9 Å². The Bertz CT molecular complexity index is 1720. The fourth-order valence-electron chi connectivity index (χ4n) is 5.31. The van der Waals surface area contributed by atoms with Gasteiger partial charge in [0.2, 0.25) is 5.90 Å². The smallest absolute Gasteiger partial charge is 0.252 e. The summed E-state index contributed by atoms with van der Waals surface area (Å²) >= 11 is 3.67. The number of rotatable bonds is 14. The summed E-state index contributed by atoms with van der Waals surface area (Å²) in [7, 11) is 1.61. The normalized spacial score (nSPS) is 16.9. The van der Waals surface area contributed by atoms with Gasteiger partial charge in [-0.3, -0.25) is 4.79 Å². The zero-order valence-corrected chi connectivity index (χ0v) is 26.9. The number of azide groups is 1. The molecule has 2 atom stereocenters. The number of nitrogens with one attached hydrogen (secondary N) is 1. The first-order valence-corrected chi connectivity index (χ1v) is 15.6. The first kappa shape index (κ1) is 32.6. The van der Waals surface area contributed by atoms with Crippen LogP contribution < -0.4 is 14.8 Å². The zero-order chi connectivity index (χ0) is 32.4. The average Bonchev–Trinajstić information content (AvgIpc) is 3.48. The van der Waals surface area contributed by atoms with Crippen molar-refractivity contribution in [2.75, 3.05) is 20.3 Å². The van der Waals surface area contributed by atoms with E-state index >= 15 is 0 Å². The largest absolute Gasteiger partial charge is 0.497 e. The van der Waals surface area contributed by atoms with Crippen LogP contribution in [0.2, 0.25) is 0 Å². The minimum atomic E-state index is -1.44. The highest BCUT2D eigenvalue weighted by atomic mass is 79.9. The quantitative estimate of drug-likeness (QED) is 0.0648. The van der Waals surface area contributed by atoms with Gasteiger partial charge in [-0.25, -0.2) is 4.99 Å². The van der Waals surface area contributed by atoms with Crippen molar-refractivity contribution in [3.8, 4) is 11.5 Å². The molecule has 0 saturated heterocycles. The molecule has 0 saturated carbocycles. The van der Waals surface area contributed by atoms with Gasteiger partial charge in [0.15, 0.2) is 11.6 Å². The van der Waals surface area contributed by atoms with Crippen molar-refractivity contribution < 1.29 is 24.1 Å².